The molecule has 2 aromatic carbocycles. The van der Waals surface area contributed by atoms with Crippen LogP contribution in [0.5, 0.6) is 5.75 Å². The molecule has 0 N–H and O–H groups in total. The minimum atomic E-state index is 0.0615. The summed E-state index contributed by atoms with van der Waals surface area (Å²) < 4.78 is 7.66. The summed E-state index contributed by atoms with van der Waals surface area (Å²) >= 11 is 3.64. The molecule has 0 spiro atoms. The summed E-state index contributed by atoms with van der Waals surface area (Å²) in [5.41, 5.74) is 5.05. The molecular formula is C24H27BrN2O. The van der Waals surface area contributed by atoms with Crippen LogP contribution in [0, 0.1) is 5.92 Å². The van der Waals surface area contributed by atoms with Crippen molar-refractivity contribution < 1.29 is 4.74 Å². The van der Waals surface area contributed by atoms with Gasteiger partial charge in [-0.3, -0.25) is 0 Å². The van der Waals surface area contributed by atoms with Crippen LogP contribution in [-0.2, 0) is 6.42 Å². The standard InChI is InChI=1S/C24H27BrN2O/c1-2-16-8-10-17(11-9-16)21-15-22-20-14-19(25)12-13-23(20)28-24(27(22)26-21)18-6-4-3-5-7-18/h8-14,18,22,24H,2-7,15H2,1H3/t22-,24-/m1/s1. The Labute approximate surface area is 175 Å². The Morgan fingerprint density at radius 3 is 2.61 bits per heavy atom. The first-order valence-corrected chi connectivity index (χ1v) is 11.4. The lowest BCUT2D eigenvalue weighted by Gasteiger charge is -2.42. The zero-order valence-corrected chi connectivity index (χ0v) is 18.0. The van der Waals surface area contributed by atoms with Gasteiger partial charge in [0.05, 0.1) is 11.8 Å². The smallest absolute Gasteiger partial charge is 0.190 e. The third-order valence-corrected chi connectivity index (χ3v) is 7.02. The molecule has 28 heavy (non-hydrogen) atoms. The van der Waals surface area contributed by atoms with Gasteiger partial charge in [-0.25, -0.2) is 5.01 Å². The molecule has 0 aromatic heterocycles. The molecule has 4 heteroatoms. The van der Waals surface area contributed by atoms with Crippen LogP contribution < -0.4 is 4.74 Å². The quantitative estimate of drug-likeness (QED) is 0.548. The molecular weight excluding hydrogens is 412 g/mol. The second-order valence-electron chi connectivity index (χ2n) is 8.29. The number of hydrogen-bond acceptors (Lipinski definition) is 3. The Kier molecular flexibility index (Phi) is 4.92. The SMILES string of the molecule is CCc1ccc(C2=NN3[C@H](C2)c2cc(Br)ccc2O[C@@H]3C2CCCCC2)cc1. The largest absolute Gasteiger partial charge is 0.468 e. The van der Waals surface area contributed by atoms with E-state index < -0.39 is 0 Å². The van der Waals surface area contributed by atoms with Gasteiger partial charge >= 0.3 is 0 Å². The maximum Gasteiger partial charge on any atom is 0.190 e. The van der Waals surface area contributed by atoms with Crippen LogP contribution in [0.2, 0.25) is 0 Å². The van der Waals surface area contributed by atoms with Crippen molar-refractivity contribution in [3.05, 3.63) is 63.6 Å². The van der Waals surface area contributed by atoms with Gasteiger partial charge in [0.1, 0.15) is 5.75 Å². The predicted molar refractivity (Wildman–Crippen MR) is 117 cm³/mol. The molecule has 2 atom stereocenters. The van der Waals surface area contributed by atoms with Crippen molar-refractivity contribution in [1.29, 1.82) is 0 Å². The fourth-order valence-electron chi connectivity index (χ4n) is 4.92. The average molecular weight is 439 g/mol. The molecule has 3 aliphatic rings. The molecule has 0 unspecified atom stereocenters. The van der Waals surface area contributed by atoms with E-state index in [9.17, 15) is 0 Å². The number of benzene rings is 2. The Morgan fingerprint density at radius 2 is 1.86 bits per heavy atom. The van der Waals surface area contributed by atoms with Gasteiger partial charge in [0, 0.05) is 22.4 Å². The van der Waals surface area contributed by atoms with Crippen molar-refractivity contribution in [3.8, 4) is 5.75 Å². The number of hydrazone groups is 1. The van der Waals surface area contributed by atoms with Crippen LogP contribution in [0.1, 0.15) is 68.2 Å². The van der Waals surface area contributed by atoms with Crippen LogP contribution in [-0.4, -0.2) is 16.9 Å². The summed E-state index contributed by atoms with van der Waals surface area (Å²) in [5, 5.41) is 7.42. The molecule has 2 heterocycles. The highest BCUT2D eigenvalue weighted by molar-refractivity contribution is 9.10. The summed E-state index contributed by atoms with van der Waals surface area (Å²) in [6.45, 7) is 2.20. The highest BCUT2D eigenvalue weighted by Crippen LogP contribution is 2.47. The monoisotopic (exact) mass is 438 g/mol. The van der Waals surface area contributed by atoms with Crippen LogP contribution in [0.3, 0.4) is 0 Å². The van der Waals surface area contributed by atoms with Crippen LogP contribution in [0.25, 0.3) is 0 Å². The molecule has 3 nitrogen and oxygen atoms in total. The third kappa shape index (κ3) is 3.26. The summed E-state index contributed by atoms with van der Waals surface area (Å²) in [5.74, 6) is 1.61. The fourth-order valence-corrected chi connectivity index (χ4v) is 5.30. The van der Waals surface area contributed by atoms with E-state index in [2.05, 4.69) is 70.3 Å². The van der Waals surface area contributed by atoms with Gasteiger partial charge in [-0.1, -0.05) is 66.4 Å². The number of aryl methyl sites for hydroxylation is 1. The van der Waals surface area contributed by atoms with E-state index >= 15 is 0 Å². The van der Waals surface area contributed by atoms with Crippen molar-refractivity contribution in [2.24, 2.45) is 11.0 Å². The van der Waals surface area contributed by atoms with Gasteiger partial charge in [-0.15, -0.1) is 0 Å². The molecule has 1 fully saturated rings. The van der Waals surface area contributed by atoms with Gasteiger partial charge in [-0.2, -0.15) is 5.10 Å². The molecule has 0 radical (unpaired) electrons. The Hall–Kier alpha value is -1.81. The molecule has 5 rings (SSSR count). The Balaban J connectivity index is 1.51. The molecule has 2 aliphatic heterocycles. The van der Waals surface area contributed by atoms with E-state index in [1.807, 2.05) is 0 Å². The number of ether oxygens (including phenoxy) is 1. The lowest BCUT2D eigenvalue weighted by atomic mass is 9.86. The lowest BCUT2D eigenvalue weighted by molar-refractivity contribution is -0.0644. The van der Waals surface area contributed by atoms with Gasteiger partial charge in [-0.05, 0) is 48.6 Å². The van der Waals surface area contributed by atoms with E-state index in [-0.39, 0.29) is 12.3 Å². The lowest BCUT2D eigenvalue weighted by Crippen LogP contribution is -2.45. The third-order valence-electron chi connectivity index (χ3n) is 6.53. The molecule has 146 valence electrons. The zero-order chi connectivity index (χ0) is 19.1. The maximum absolute atomic E-state index is 6.56. The number of rotatable bonds is 3. The topological polar surface area (TPSA) is 24.8 Å². The summed E-state index contributed by atoms with van der Waals surface area (Å²) in [7, 11) is 0. The Bertz CT molecular complexity index is 886. The first kappa shape index (κ1) is 18.2. The minimum Gasteiger partial charge on any atom is -0.468 e. The normalized spacial score (nSPS) is 24.4. The molecule has 0 saturated heterocycles. The summed E-state index contributed by atoms with van der Waals surface area (Å²) in [4.78, 5) is 0. The van der Waals surface area contributed by atoms with Crippen molar-refractivity contribution in [2.45, 2.75) is 64.1 Å². The fraction of sp³-hybridized carbons (Fsp3) is 0.458. The van der Waals surface area contributed by atoms with E-state index in [4.69, 9.17) is 9.84 Å². The van der Waals surface area contributed by atoms with E-state index in [1.165, 1.54) is 54.5 Å². The second-order valence-corrected chi connectivity index (χ2v) is 9.20. The molecule has 1 saturated carbocycles. The van der Waals surface area contributed by atoms with Crippen LogP contribution in [0.4, 0.5) is 0 Å². The van der Waals surface area contributed by atoms with Gasteiger partial charge in [0.25, 0.3) is 0 Å². The molecule has 0 amide bonds. The van der Waals surface area contributed by atoms with Crippen LogP contribution >= 0.6 is 15.9 Å². The summed E-state index contributed by atoms with van der Waals surface area (Å²) in [6, 6.07) is 15.6. The highest BCUT2D eigenvalue weighted by Gasteiger charge is 2.43. The van der Waals surface area contributed by atoms with E-state index in [0.717, 1.165) is 23.1 Å². The molecule has 1 aliphatic carbocycles. The summed E-state index contributed by atoms with van der Waals surface area (Å²) in [6.07, 6.45) is 8.55. The predicted octanol–water partition coefficient (Wildman–Crippen LogP) is 6.46. The van der Waals surface area contributed by atoms with Crippen molar-refractivity contribution in [3.63, 3.8) is 0 Å². The second kappa shape index (κ2) is 7.55. The van der Waals surface area contributed by atoms with E-state index in [1.54, 1.807) is 0 Å². The van der Waals surface area contributed by atoms with Crippen molar-refractivity contribution in [2.75, 3.05) is 0 Å². The molecule has 2 aromatic rings. The van der Waals surface area contributed by atoms with Crippen LogP contribution in [0.15, 0.2) is 52.0 Å². The molecule has 0 bridgehead atoms. The van der Waals surface area contributed by atoms with Crippen molar-refractivity contribution in [1.82, 2.24) is 5.01 Å². The highest BCUT2D eigenvalue weighted by atomic mass is 79.9. The first-order chi connectivity index (χ1) is 13.7. The minimum absolute atomic E-state index is 0.0615. The van der Waals surface area contributed by atoms with Crippen molar-refractivity contribution >= 4 is 21.6 Å². The number of hydrogen-bond donors (Lipinski definition) is 0. The van der Waals surface area contributed by atoms with E-state index in [0.29, 0.717) is 5.92 Å². The average Bonchev–Trinajstić information content (AvgIpc) is 3.20. The van der Waals surface area contributed by atoms with Gasteiger partial charge < -0.3 is 4.74 Å². The Morgan fingerprint density at radius 1 is 1.07 bits per heavy atom. The first-order valence-electron chi connectivity index (χ1n) is 10.6. The maximum atomic E-state index is 6.56. The van der Waals surface area contributed by atoms with Gasteiger partial charge in [0.2, 0.25) is 0 Å². The van der Waals surface area contributed by atoms with Gasteiger partial charge in [0.15, 0.2) is 6.23 Å². The number of nitrogens with zero attached hydrogens (tertiary/aromatic N) is 2. The number of halogens is 1. The number of fused-ring (bicyclic) bond motifs is 3. The zero-order valence-electron chi connectivity index (χ0n) is 16.4.